The minimum absolute atomic E-state index is 0.220. The van der Waals surface area contributed by atoms with Gasteiger partial charge in [-0.3, -0.25) is 0 Å². The van der Waals surface area contributed by atoms with Crippen molar-refractivity contribution in [3.8, 4) is 0 Å². The van der Waals surface area contributed by atoms with E-state index in [1.54, 1.807) is 11.3 Å². The van der Waals surface area contributed by atoms with E-state index in [2.05, 4.69) is 44.8 Å². The van der Waals surface area contributed by atoms with Crippen molar-refractivity contribution in [1.29, 1.82) is 0 Å². The Hall–Kier alpha value is -0.620. The van der Waals surface area contributed by atoms with Gasteiger partial charge in [0.15, 0.2) is 0 Å². The van der Waals surface area contributed by atoms with Gasteiger partial charge in [0.1, 0.15) is 11.3 Å². The highest BCUT2D eigenvalue weighted by Gasteiger charge is 2.20. The van der Waals surface area contributed by atoms with Crippen LogP contribution in [0.2, 0.25) is 0 Å². The van der Waals surface area contributed by atoms with Gasteiger partial charge in [-0.25, -0.2) is 0 Å². The zero-order valence-electron chi connectivity index (χ0n) is 10.1. The minimum atomic E-state index is -0.220. The Bertz CT molecular complexity index is 747. The van der Waals surface area contributed by atoms with Crippen molar-refractivity contribution < 1.29 is 4.42 Å². The summed E-state index contributed by atoms with van der Waals surface area (Å²) in [4.78, 5) is 1.09. The van der Waals surface area contributed by atoms with Gasteiger partial charge in [-0.1, -0.05) is 15.9 Å². The average Bonchev–Trinajstić information content (AvgIpc) is 2.94. The van der Waals surface area contributed by atoms with Crippen molar-refractivity contribution in [3.05, 3.63) is 54.8 Å². The number of halogens is 2. The second-order valence-corrected chi connectivity index (χ2v) is 7.76. The molecule has 0 spiro atoms. The quantitative estimate of drug-likeness (QED) is 0.627. The molecule has 3 aromatic rings. The number of thiophene rings is 1. The molecule has 0 amide bonds. The summed E-state index contributed by atoms with van der Waals surface area (Å²) in [5.41, 5.74) is 8.30. The van der Waals surface area contributed by atoms with Crippen LogP contribution < -0.4 is 5.73 Å². The molecule has 2 N–H and O–H groups in total. The molecule has 2 nitrogen and oxygen atoms in total. The summed E-state index contributed by atoms with van der Waals surface area (Å²) in [6.07, 6.45) is 0. The normalized spacial score (nSPS) is 13.1. The van der Waals surface area contributed by atoms with Crippen LogP contribution in [0.25, 0.3) is 11.0 Å². The predicted octanol–water partition coefficient (Wildman–Crippen LogP) is 5.38. The van der Waals surface area contributed by atoms with Gasteiger partial charge in [0, 0.05) is 20.3 Å². The van der Waals surface area contributed by atoms with E-state index in [9.17, 15) is 0 Å². The second-order valence-electron chi connectivity index (χ2n) is 4.35. The molecule has 0 fully saturated rings. The lowest BCUT2D eigenvalue weighted by Crippen LogP contribution is -2.10. The summed E-state index contributed by atoms with van der Waals surface area (Å²) < 4.78 is 8.05. The van der Waals surface area contributed by atoms with E-state index >= 15 is 0 Å². The topological polar surface area (TPSA) is 39.2 Å². The lowest BCUT2D eigenvalue weighted by molar-refractivity contribution is 0.524. The molecule has 0 aliphatic heterocycles. The number of hydrogen-bond acceptors (Lipinski definition) is 3. The first kappa shape index (κ1) is 13.4. The Morgan fingerprint density at radius 2 is 2.00 bits per heavy atom. The molecule has 1 aromatic carbocycles. The fourth-order valence-electron chi connectivity index (χ4n) is 2.13. The van der Waals surface area contributed by atoms with Gasteiger partial charge in [-0.2, -0.15) is 0 Å². The largest absolute Gasteiger partial charge is 0.459 e. The van der Waals surface area contributed by atoms with Crippen molar-refractivity contribution >= 4 is 54.2 Å². The lowest BCUT2D eigenvalue weighted by atomic mass is 10.1. The number of hydrogen-bond donors (Lipinski definition) is 1. The van der Waals surface area contributed by atoms with Crippen molar-refractivity contribution in [2.45, 2.75) is 13.0 Å². The molecule has 0 saturated carbocycles. The molecule has 2 aromatic heterocycles. The fraction of sp³-hybridized carbons (Fsp3) is 0.143. The van der Waals surface area contributed by atoms with Gasteiger partial charge in [0.25, 0.3) is 0 Å². The van der Waals surface area contributed by atoms with Crippen LogP contribution >= 0.6 is 43.2 Å². The maximum Gasteiger partial charge on any atom is 0.134 e. The maximum atomic E-state index is 6.32. The molecule has 3 rings (SSSR count). The highest BCUT2D eigenvalue weighted by molar-refractivity contribution is 9.11. The molecule has 0 aliphatic rings. The molecule has 1 atom stereocenters. The third-order valence-corrected chi connectivity index (χ3v) is 5.32. The summed E-state index contributed by atoms with van der Waals surface area (Å²) in [6, 6.07) is 9.82. The molecular formula is C14H11Br2NOS. The van der Waals surface area contributed by atoms with Gasteiger partial charge in [0.05, 0.1) is 9.83 Å². The third kappa shape index (κ3) is 2.40. The molecule has 2 heterocycles. The fourth-order valence-corrected chi connectivity index (χ4v) is 3.92. The number of aryl methyl sites for hydroxylation is 1. The molecule has 19 heavy (non-hydrogen) atoms. The molecule has 0 saturated heterocycles. The van der Waals surface area contributed by atoms with E-state index in [0.29, 0.717) is 0 Å². The number of nitrogens with two attached hydrogens (primary N) is 1. The molecular weight excluding hydrogens is 390 g/mol. The van der Waals surface area contributed by atoms with Crippen molar-refractivity contribution in [2.75, 3.05) is 0 Å². The van der Waals surface area contributed by atoms with Gasteiger partial charge in [0.2, 0.25) is 0 Å². The minimum Gasteiger partial charge on any atom is -0.459 e. The van der Waals surface area contributed by atoms with E-state index in [0.717, 1.165) is 35.4 Å². The Balaban J connectivity index is 2.12. The molecule has 98 valence electrons. The second kappa shape index (κ2) is 5.05. The van der Waals surface area contributed by atoms with Crippen LogP contribution in [0, 0.1) is 6.92 Å². The van der Waals surface area contributed by atoms with Gasteiger partial charge in [-0.15, -0.1) is 11.3 Å². The van der Waals surface area contributed by atoms with E-state index in [1.807, 2.05) is 24.3 Å². The zero-order valence-corrected chi connectivity index (χ0v) is 14.1. The van der Waals surface area contributed by atoms with E-state index < -0.39 is 0 Å². The smallest absolute Gasteiger partial charge is 0.134 e. The highest BCUT2D eigenvalue weighted by Crippen LogP contribution is 2.36. The highest BCUT2D eigenvalue weighted by atomic mass is 79.9. The van der Waals surface area contributed by atoms with Gasteiger partial charge < -0.3 is 10.2 Å². The zero-order chi connectivity index (χ0) is 13.6. The first-order valence-corrected chi connectivity index (χ1v) is 8.16. The Kier molecular flexibility index (Phi) is 3.55. The summed E-state index contributed by atoms with van der Waals surface area (Å²) in [6.45, 7) is 2.05. The monoisotopic (exact) mass is 399 g/mol. The summed E-state index contributed by atoms with van der Waals surface area (Å²) in [5.74, 6) is 0.836. The van der Waals surface area contributed by atoms with Crippen LogP contribution in [-0.2, 0) is 0 Å². The molecule has 0 radical (unpaired) electrons. The predicted molar refractivity (Wildman–Crippen MR) is 86.7 cm³/mol. The first-order chi connectivity index (χ1) is 9.06. The molecule has 0 bridgehead atoms. The summed E-state index contributed by atoms with van der Waals surface area (Å²) in [7, 11) is 0. The maximum absolute atomic E-state index is 6.32. The van der Waals surface area contributed by atoms with Crippen molar-refractivity contribution in [2.24, 2.45) is 5.73 Å². The van der Waals surface area contributed by atoms with Crippen LogP contribution in [-0.4, -0.2) is 0 Å². The van der Waals surface area contributed by atoms with Crippen molar-refractivity contribution in [3.63, 3.8) is 0 Å². The standard InChI is InChI=1S/C14H11Br2NOS/c1-7-9-6-8(15)2-3-10(9)18-14(7)13(17)11-4-5-12(16)19-11/h2-6,13H,17H2,1H3. The number of benzene rings is 1. The Morgan fingerprint density at radius 3 is 2.68 bits per heavy atom. The molecule has 1 unspecified atom stereocenters. The van der Waals surface area contributed by atoms with E-state index in [4.69, 9.17) is 10.2 Å². The SMILES string of the molecule is Cc1c(C(N)c2ccc(Br)s2)oc2ccc(Br)cc12. The van der Waals surface area contributed by atoms with Crippen LogP contribution in [0.5, 0.6) is 0 Å². The summed E-state index contributed by atoms with van der Waals surface area (Å²) in [5, 5.41) is 1.11. The molecule has 5 heteroatoms. The van der Waals surface area contributed by atoms with Gasteiger partial charge in [-0.05, 0) is 53.2 Å². The van der Waals surface area contributed by atoms with E-state index in [-0.39, 0.29) is 6.04 Å². The van der Waals surface area contributed by atoms with Crippen LogP contribution in [0.1, 0.15) is 22.2 Å². The Labute approximate surface area is 131 Å². The van der Waals surface area contributed by atoms with Gasteiger partial charge >= 0.3 is 0 Å². The van der Waals surface area contributed by atoms with Crippen molar-refractivity contribution in [1.82, 2.24) is 0 Å². The van der Waals surface area contributed by atoms with E-state index in [1.165, 1.54) is 0 Å². The number of rotatable bonds is 2. The lowest BCUT2D eigenvalue weighted by Gasteiger charge is -2.07. The number of furan rings is 1. The van der Waals surface area contributed by atoms with Crippen LogP contribution in [0.3, 0.4) is 0 Å². The average molecular weight is 401 g/mol. The Morgan fingerprint density at radius 1 is 1.21 bits per heavy atom. The summed E-state index contributed by atoms with van der Waals surface area (Å²) >= 11 is 8.58. The number of fused-ring (bicyclic) bond motifs is 1. The first-order valence-electron chi connectivity index (χ1n) is 5.75. The van der Waals surface area contributed by atoms with Crippen LogP contribution in [0.15, 0.2) is 43.0 Å². The van der Waals surface area contributed by atoms with Crippen LogP contribution in [0.4, 0.5) is 0 Å². The third-order valence-electron chi connectivity index (χ3n) is 3.12. The molecule has 0 aliphatic carbocycles.